The van der Waals surface area contributed by atoms with E-state index in [-0.39, 0.29) is 12.8 Å². The van der Waals surface area contributed by atoms with Gasteiger partial charge >= 0.3 is 29.8 Å². The lowest BCUT2D eigenvalue weighted by molar-refractivity contribution is -0.593. The summed E-state index contributed by atoms with van der Waals surface area (Å²) in [5.41, 5.74) is -1.08. The second kappa shape index (κ2) is 16.1. The SMILES string of the molecule is CC(=O)C[C@H](C(C)=O)[C@@]1([N+](=O)[O-])CC(C)=C(C)C[C@@H]1[C@H](OC(C)=O)[C@@H](OC(C)=O)[C@@H](OC(C)=O)[C@@H](COC(C)=O)OC(C)=O. The standard InChI is InChI=1S/C29H41NO14/c1-14-10-24(29(30(38)39,12-15(14)2)23(17(4)32)11-16(3)31)26(42-20(7)35)28(44-22(9)37)27(43-21(8)36)25(41-19(6)34)13-40-18(5)33/h23-28H,10-13H2,1-9H3/t23-,24-,25-,26+,27+,28-,29+/m1/s1. The Balaban J connectivity index is 4.21. The van der Waals surface area contributed by atoms with Crippen molar-refractivity contribution in [1.29, 1.82) is 0 Å². The molecule has 0 saturated heterocycles. The molecule has 0 bridgehead atoms. The topological polar surface area (TPSA) is 209 Å². The Morgan fingerprint density at radius 2 is 1.27 bits per heavy atom. The van der Waals surface area contributed by atoms with Gasteiger partial charge in [-0.3, -0.25) is 43.7 Å². The number of nitro groups is 1. The fourth-order valence-electron chi connectivity index (χ4n) is 5.69. The molecule has 0 radical (unpaired) electrons. The number of hydrogen-bond acceptors (Lipinski definition) is 14. The van der Waals surface area contributed by atoms with Gasteiger partial charge in [0.25, 0.3) is 0 Å². The van der Waals surface area contributed by atoms with E-state index in [0.717, 1.165) is 41.5 Å². The van der Waals surface area contributed by atoms with E-state index in [4.69, 9.17) is 23.7 Å². The lowest BCUT2D eigenvalue weighted by atomic mass is 9.60. The van der Waals surface area contributed by atoms with Gasteiger partial charge in [-0.25, -0.2) is 0 Å². The summed E-state index contributed by atoms with van der Waals surface area (Å²) < 4.78 is 26.9. The summed E-state index contributed by atoms with van der Waals surface area (Å²) >= 11 is 0. The second-order valence-electron chi connectivity index (χ2n) is 11.0. The first-order chi connectivity index (χ1) is 20.2. The van der Waals surface area contributed by atoms with Crippen molar-refractivity contribution in [3.05, 3.63) is 21.3 Å². The van der Waals surface area contributed by atoms with Crippen LogP contribution in [-0.2, 0) is 57.2 Å². The molecular formula is C29H41NO14. The van der Waals surface area contributed by atoms with Crippen LogP contribution < -0.4 is 0 Å². The van der Waals surface area contributed by atoms with Crippen molar-refractivity contribution < 1.29 is 62.2 Å². The zero-order valence-electron chi connectivity index (χ0n) is 26.5. The van der Waals surface area contributed by atoms with Gasteiger partial charge in [0.05, 0.1) is 11.8 Å². The first-order valence-electron chi connectivity index (χ1n) is 13.9. The van der Waals surface area contributed by atoms with E-state index in [9.17, 15) is 43.7 Å². The fourth-order valence-corrected chi connectivity index (χ4v) is 5.69. The van der Waals surface area contributed by atoms with Crippen LogP contribution in [0.1, 0.15) is 81.6 Å². The molecular weight excluding hydrogens is 586 g/mol. The number of Topliss-reactive ketones (excluding diaryl/α,β-unsaturated/α-hetero) is 2. The molecule has 0 aromatic heterocycles. The summed E-state index contributed by atoms with van der Waals surface area (Å²) in [5, 5.41) is 13.2. The number of ketones is 2. The van der Waals surface area contributed by atoms with Crippen LogP contribution in [0.15, 0.2) is 11.1 Å². The highest BCUT2D eigenvalue weighted by atomic mass is 16.6. The highest BCUT2D eigenvalue weighted by Gasteiger charge is 2.65. The Bertz CT molecular complexity index is 1210. The highest BCUT2D eigenvalue weighted by Crippen LogP contribution is 2.49. The van der Waals surface area contributed by atoms with Crippen LogP contribution in [-0.4, -0.2) is 82.9 Å². The van der Waals surface area contributed by atoms with Crippen LogP contribution in [0, 0.1) is 22.0 Å². The lowest BCUT2D eigenvalue weighted by Gasteiger charge is -2.46. The third-order valence-corrected chi connectivity index (χ3v) is 7.46. The van der Waals surface area contributed by atoms with Gasteiger partial charge in [0.15, 0.2) is 24.4 Å². The number of hydrogen-bond donors (Lipinski definition) is 0. The molecule has 0 spiro atoms. The van der Waals surface area contributed by atoms with E-state index < -0.39 is 101 Å². The van der Waals surface area contributed by atoms with Crippen LogP contribution in [0.4, 0.5) is 0 Å². The molecule has 0 aromatic carbocycles. The summed E-state index contributed by atoms with van der Waals surface area (Å²) in [5.74, 6) is -8.84. The molecule has 0 aromatic rings. The maximum absolute atomic E-state index is 13.2. The Hall–Kier alpha value is -4.17. The van der Waals surface area contributed by atoms with Gasteiger partial charge in [0.1, 0.15) is 18.2 Å². The van der Waals surface area contributed by atoms with Gasteiger partial charge in [-0.2, -0.15) is 0 Å². The summed E-state index contributed by atoms with van der Waals surface area (Å²) in [4.78, 5) is 98.9. The van der Waals surface area contributed by atoms with Crippen molar-refractivity contribution in [2.45, 2.75) is 112 Å². The van der Waals surface area contributed by atoms with Gasteiger partial charge in [-0.05, 0) is 34.1 Å². The van der Waals surface area contributed by atoms with Crippen LogP contribution in [0.2, 0.25) is 0 Å². The molecule has 0 amide bonds. The molecule has 1 aliphatic carbocycles. The molecule has 1 rings (SSSR count). The number of rotatable bonds is 15. The monoisotopic (exact) mass is 627 g/mol. The molecule has 1 aliphatic rings. The zero-order chi connectivity index (χ0) is 34.1. The number of carbonyl (C=O) groups excluding carboxylic acids is 7. The number of allylic oxidation sites excluding steroid dienone is 1. The molecule has 0 aliphatic heterocycles. The Morgan fingerprint density at radius 1 is 0.773 bits per heavy atom. The predicted molar refractivity (Wildman–Crippen MR) is 149 cm³/mol. The number of nitrogens with zero attached hydrogens (tertiary/aromatic N) is 1. The van der Waals surface area contributed by atoms with E-state index in [2.05, 4.69) is 0 Å². The third-order valence-electron chi connectivity index (χ3n) is 7.46. The number of esters is 5. The molecule has 7 atom stereocenters. The molecule has 0 fully saturated rings. The zero-order valence-corrected chi connectivity index (χ0v) is 26.5. The van der Waals surface area contributed by atoms with Crippen molar-refractivity contribution in [1.82, 2.24) is 0 Å². The molecule has 0 heterocycles. The molecule has 44 heavy (non-hydrogen) atoms. The van der Waals surface area contributed by atoms with Crippen molar-refractivity contribution in [2.24, 2.45) is 11.8 Å². The normalized spacial score (nSPS) is 21.4. The predicted octanol–water partition coefficient (Wildman–Crippen LogP) is 2.22. The van der Waals surface area contributed by atoms with Gasteiger partial charge in [0, 0.05) is 52.4 Å². The quantitative estimate of drug-likeness (QED) is 0.0838. The molecule has 15 nitrogen and oxygen atoms in total. The first-order valence-corrected chi connectivity index (χ1v) is 13.9. The average molecular weight is 628 g/mol. The fraction of sp³-hybridized carbons (Fsp3) is 0.690. The summed E-state index contributed by atoms with van der Waals surface area (Å²) in [6.45, 7) is 9.89. The van der Waals surface area contributed by atoms with E-state index in [1.54, 1.807) is 13.8 Å². The van der Waals surface area contributed by atoms with Crippen molar-refractivity contribution in [3.63, 3.8) is 0 Å². The van der Waals surface area contributed by atoms with Crippen LogP contribution in [0.3, 0.4) is 0 Å². The minimum atomic E-state index is -2.27. The molecule has 0 unspecified atom stereocenters. The maximum atomic E-state index is 13.2. The van der Waals surface area contributed by atoms with Gasteiger partial charge in [0.2, 0.25) is 5.54 Å². The smallest absolute Gasteiger partial charge is 0.303 e. The van der Waals surface area contributed by atoms with Gasteiger partial charge in [-0.1, -0.05) is 11.1 Å². The van der Waals surface area contributed by atoms with Crippen LogP contribution in [0.5, 0.6) is 0 Å². The van der Waals surface area contributed by atoms with E-state index in [1.807, 2.05) is 0 Å². The molecule has 15 heteroatoms. The lowest BCUT2D eigenvalue weighted by Crippen LogP contribution is -2.64. The molecule has 246 valence electrons. The maximum Gasteiger partial charge on any atom is 0.303 e. The minimum absolute atomic E-state index is 0.167. The Morgan fingerprint density at radius 3 is 1.68 bits per heavy atom. The Labute approximate surface area is 255 Å². The Kier molecular flexibility index (Phi) is 13.8. The van der Waals surface area contributed by atoms with Crippen molar-refractivity contribution in [2.75, 3.05) is 6.61 Å². The number of ether oxygens (including phenoxy) is 5. The van der Waals surface area contributed by atoms with Crippen molar-refractivity contribution >= 4 is 41.4 Å². The third kappa shape index (κ3) is 9.95. The summed E-state index contributed by atoms with van der Waals surface area (Å²) in [6.07, 6.45) is -8.18. The van der Waals surface area contributed by atoms with Crippen molar-refractivity contribution in [3.8, 4) is 0 Å². The van der Waals surface area contributed by atoms with Gasteiger partial charge < -0.3 is 23.7 Å². The average Bonchev–Trinajstić information content (AvgIpc) is 2.86. The molecule has 0 saturated carbocycles. The van der Waals surface area contributed by atoms with E-state index in [0.29, 0.717) is 11.1 Å². The molecule has 0 N–H and O–H groups in total. The van der Waals surface area contributed by atoms with Crippen LogP contribution in [0.25, 0.3) is 0 Å². The number of carbonyl (C=O) groups is 7. The largest absolute Gasteiger partial charge is 0.462 e. The minimum Gasteiger partial charge on any atom is -0.462 e. The first kappa shape index (κ1) is 37.9. The van der Waals surface area contributed by atoms with E-state index >= 15 is 0 Å². The van der Waals surface area contributed by atoms with Crippen LogP contribution >= 0.6 is 0 Å². The summed E-state index contributed by atoms with van der Waals surface area (Å²) in [6, 6.07) is 0. The van der Waals surface area contributed by atoms with E-state index in [1.165, 1.54) is 6.92 Å². The van der Waals surface area contributed by atoms with Gasteiger partial charge in [-0.15, -0.1) is 0 Å². The second-order valence-corrected chi connectivity index (χ2v) is 11.0. The summed E-state index contributed by atoms with van der Waals surface area (Å²) in [7, 11) is 0. The highest BCUT2D eigenvalue weighted by molar-refractivity contribution is 5.86.